The molecule has 0 radical (unpaired) electrons. The van der Waals surface area contributed by atoms with Gasteiger partial charge in [-0.2, -0.15) is 5.10 Å². The second-order valence-electron chi connectivity index (χ2n) is 5.95. The first-order chi connectivity index (χ1) is 12.7. The van der Waals surface area contributed by atoms with Crippen LogP contribution in [-0.2, 0) is 15.3 Å². The van der Waals surface area contributed by atoms with E-state index in [1.54, 1.807) is 18.0 Å². The number of carbonyl (C=O) groups is 2. The summed E-state index contributed by atoms with van der Waals surface area (Å²) >= 11 is 1.58. The Kier molecular flexibility index (Phi) is 4.53. The highest BCUT2D eigenvalue weighted by molar-refractivity contribution is 7.98. The largest absolute Gasteiger partial charge is 0.344 e. The molecular formula is C17H16N6O2S. The number of rotatable bonds is 5. The second kappa shape index (κ2) is 7.12. The van der Waals surface area contributed by atoms with Crippen LogP contribution in [0.5, 0.6) is 0 Å². The Bertz CT molecular complexity index is 973. The quantitative estimate of drug-likeness (QED) is 0.468. The molecule has 8 nitrogen and oxygen atoms in total. The third-order valence-corrected chi connectivity index (χ3v) is 5.17. The van der Waals surface area contributed by atoms with E-state index in [0.29, 0.717) is 29.9 Å². The number of amides is 2. The third kappa shape index (κ3) is 3.52. The molecule has 1 aliphatic rings. The van der Waals surface area contributed by atoms with E-state index in [1.807, 2.05) is 24.3 Å². The van der Waals surface area contributed by atoms with E-state index in [9.17, 15) is 9.59 Å². The van der Waals surface area contributed by atoms with E-state index < -0.39 is 6.04 Å². The van der Waals surface area contributed by atoms with E-state index in [4.69, 9.17) is 0 Å². The van der Waals surface area contributed by atoms with Crippen molar-refractivity contribution in [3.8, 4) is 0 Å². The number of nitrogens with one attached hydrogen (secondary N) is 3. The summed E-state index contributed by atoms with van der Waals surface area (Å²) < 4.78 is 0. The van der Waals surface area contributed by atoms with Crippen molar-refractivity contribution in [3.63, 3.8) is 0 Å². The lowest BCUT2D eigenvalue weighted by Crippen LogP contribution is -2.37. The van der Waals surface area contributed by atoms with Crippen LogP contribution in [0.3, 0.4) is 0 Å². The Balaban J connectivity index is 1.42. The van der Waals surface area contributed by atoms with Crippen LogP contribution in [0.15, 0.2) is 41.8 Å². The van der Waals surface area contributed by atoms with Crippen molar-refractivity contribution >= 4 is 40.3 Å². The highest BCUT2D eigenvalue weighted by Crippen LogP contribution is 2.27. The van der Waals surface area contributed by atoms with Gasteiger partial charge in [-0.1, -0.05) is 12.1 Å². The van der Waals surface area contributed by atoms with Crippen LogP contribution in [0, 0.1) is 0 Å². The topological polar surface area (TPSA) is 113 Å². The van der Waals surface area contributed by atoms with Gasteiger partial charge in [-0.3, -0.25) is 14.7 Å². The van der Waals surface area contributed by atoms with Gasteiger partial charge in [0.2, 0.25) is 11.8 Å². The summed E-state index contributed by atoms with van der Waals surface area (Å²) in [7, 11) is 0. The summed E-state index contributed by atoms with van der Waals surface area (Å²) in [4.78, 5) is 31.9. The molecule has 0 saturated carbocycles. The minimum absolute atomic E-state index is 0.0780. The van der Waals surface area contributed by atoms with Crippen molar-refractivity contribution in [1.29, 1.82) is 0 Å². The van der Waals surface area contributed by atoms with Crippen LogP contribution < -0.4 is 10.6 Å². The number of H-pyrrole nitrogens is 1. The minimum Gasteiger partial charge on any atom is -0.344 e. The molecule has 2 aromatic heterocycles. The van der Waals surface area contributed by atoms with Gasteiger partial charge in [0.05, 0.1) is 11.6 Å². The van der Waals surface area contributed by atoms with Gasteiger partial charge in [-0.25, -0.2) is 9.97 Å². The first-order valence-corrected chi connectivity index (χ1v) is 9.13. The highest BCUT2D eigenvalue weighted by Gasteiger charge is 2.27. The zero-order valence-electron chi connectivity index (χ0n) is 13.7. The molecule has 1 atom stereocenters. The van der Waals surface area contributed by atoms with Crippen molar-refractivity contribution in [1.82, 2.24) is 25.5 Å². The third-order valence-electron chi connectivity index (χ3n) is 4.09. The van der Waals surface area contributed by atoms with E-state index >= 15 is 0 Å². The maximum absolute atomic E-state index is 12.2. The molecule has 2 amide bonds. The van der Waals surface area contributed by atoms with Crippen LogP contribution >= 0.6 is 11.8 Å². The summed E-state index contributed by atoms with van der Waals surface area (Å²) in [5.74, 6) is 0.434. The van der Waals surface area contributed by atoms with E-state index in [1.165, 1.54) is 6.33 Å². The predicted octanol–water partition coefficient (Wildman–Crippen LogP) is 1.86. The molecule has 0 spiro atoms. The molecule has 1 aromatic carbocycles. The normalized spacial score (nSPS) is 16.6. The van der Waals surface area contributed by atoms with Crippen LogP contribution in [-0.4, -0.2) is 38.0 Å². The highest BCUT2D eigenvalue weighted by atomic mass is 32.2. The van der Waals surface area contributed by atoms with Gasteiger partial charge in [0.15, 0.2) is 5.65 Å². The second-order valence-corrected chi connectivity index (χ2v) is 6.91. The lowest BCUT2D eigenvalue weighted by atomic mass is 10.2. The van der Waals surface area contributed by atoms with Crippen molar-refractivity contribution in [2.75, 3.05) is 5.32 Å². The predicted molar refractivity (Wildman–Crippen MR) is 97.5 cm³/mol. The molecule has 3 aromatic rings. The Morgan fingerprint density at radius 3 is 3.12 bits per heavy atom. The smallest absolute Gasteiger partial charge is 0.246 e. The SMILES string of the molecule is O=C1CCC(C(=O)Nc2cccc(CSc3ncnc4[nH]ncc34)c2)N1. The molecule has 3 heterocycles. The summed E-state index contributed by atoms with van der Waals surface area (Å²) in [6, 6.07) is 7.20. The van der Waals surface area contributed by atoms with Gasteiger partial charge >= 0.3 is 0 Å². The molecule has 1 unspecified atom stereocenters. The molecule has 26 heavy (non-hydrogen) atoms. The summed E-state index contributed by atoms with van der Waals surface area (Å²) in [6.07, 6.45) is 4.16. The summed E-state index contributed by atoms with van der Waals surface area (Å²) in [5, 5.41) is 14.1. The van der Waals surface area contributed by atoms with E-state index in [0.717, 1.165) is 16.0 Å². The summed E-state index contributed by atoms with van der Waals surface area (Å²) in [5.41, 5.74) is 2.48. The molecule has 0 bridgehead atoms. The molecule has 132 valence electrons. The average molecular weight is 368 g/mol. The lowest BCUT2D eigenvalue weighted by molar-refractivity contribution is -0.122. The van der Waals surface area contributed by atoms with Crippen LogP contribution in [0.1, 0.15) is 18.4 Å². The molecule has 9 heteroatoms. The maximum atomic E-state index is 12.2. The molecule has 1 aliphatic heterocycles. The Morgan fingerprint density at radius 1 is 1.35 bits per heavy atom. The van der Waals surface area contributed by atoms with Gasteiger partial charge in [0, 0.05) is 17.9 Å². The minimum atomic E-state index is -0.448. The fourth-order valence-corrected chi connectivity index (χ4v) is 3.70. The number of carbonyl (C=O) groups excluding carboxylic acids is 2. The first kappa shape index (κ1) is 16.5. The lowest BCUT2D eigenvalue weighted by Gasteiger charge is -2.12. The zero-order valence-corrected chi connectivity index (χ0v) is 14.5. The van der Waals surface area contributed by atoms with Gasteiger partial charge in [0.1, 0.15) is 17.4 Å². The fourth-order valence-electron chi connectivity index (χ4n) is 2.79. The van der Waals surface area contributed by atoms with Gasteiger partial charge in [-0.15, -0.1) is 11.8 Å². The Morgan fingerprint density at radius 2 is 2.27 bits per heavy atom. The van der Waals surface area contributed by atoms with Gasteiger partial charge in [-0.05, 0) is 24.1 Å². The Hall–Kier alpha value is -2.94. The number of fused-ring (bicyclic) bond motifs is 1. The molecular weight excluding hydrogens is 352 g/mol. The van der Waals surface area contributed by atoms with Crippen molar-refractivity contribution in [2.45, 2.75) is 29.7 Å². The van der Waals surface area contributed by atoms with Crippen LogP contribution in [0.25, 0.3) is 11.0 Å². The van der Waals surface area contributed by atoms with Gasteiger partial charge < -0.3 is 10.6 Å². The fraction of sp³-hybridized carbons (Fsp3) is 0.235. The number of aromatic amines is 1. The van der Waals surface area contributed by atoms with E-state index in [-0.39, 0.29) is 11.8 Å². The standard InChI is InChI=1S/C17H16N6O2S/c24-14-5-4-13(22-14)16(25)21-11-3-1-2-10(6-11)8-26-17-12-7-20-23-15(12)18-9-19-17/h1-3,6-7,9,13H,4-5,8H2,(H,21,25)(H,22,24)(H,18,19,20,23). The van der Waals surface area contributed by atoms with Crippen molar-refractivity contribution in [2.24, 2.45) is 0 Å². The average Bonchev–Trinajstić information content (AvgIpc) is 3.29. The Labute approximate surface area is 153 Å². The molecule has 1 fully saturated rings. The molecule has 3 N–H and O–H groups in total. The molecule has 4 rings (SSSR count). The van der Waals surface area contributed by atoms with Crippen LogP contribution in [0.2, 0.25) is 0 Å². The number of benzene rings is 1. The van der Waals surface area contributed by atoms with Crippen LogP contribution in [0.4, 0.5) is 5.69 Å². The first-order valence-electron chi connectivity index (χ1n) is 8.15. The number of hydrogen-bond donors (Lipinski definition) is 3. The number of anilines is 1. The number of nitrogens with zero attached hydrogens (tertiary/aromatic N) is 3. The number of thioether (sulfide) groups is 1. The van der Waals surface area contributed by atoms with Crippen molar-refractivity contribution < 1.29 is 9.59 Å². The zero-order chi connectivity index (χ0) is 17.9. The van der Waals surface area contributed by atoms with Crippen molar-refractivity contribution in [3.05, 3.63) is 42.4 Å². The molecule has 0 aliphatic carbocycles. The molecule has 1 saturated heterocycles. The summed E-state index contributed by atoms with van der Waals surface area (Å²) in [6.45, 7) is 0. The van der Waals surface area contributed by atoms with Gasteiger partial charge in [0.25, 0.3) is 0 Å². The monoisotopic (exact) mass is 368 g/mol. The van der Waals surface area contributed by atoms with E-state index in [2.05, 4.69) is 30.8 Å². The number of aromatic nitrogens is 4. The maximum Gasteiger partial charge on any atom is 0.246 e. The number of hydrogen-bond acceptors (Lipinski definition) is 6.